The van der Waals surface area contributed by atoms with Gasteiger partial charge < -0.3 is 19.6 Å². The predicted octanol–water partition coefficient (Wildman–Crippen LogP) is 4.67. The van der Waals surface area contributed by atoms with Crippen molar-refractivity contribution in [1.82, 2.24) is 4.90 Å². The van der Waals surface area contributed by atoms with Crippen molar-refractivity contribution in [2.75, 3.05) is 26.3 Å². The summed E-state index contributed by atoms with van der Waals surface area (Å²) in [6.45, 7) is 3.76. The first kappa shape index (κ1) is 24.8. The Morgan fingerprint density at radius 1 is 1.21 bits per heavy atom. The quantitative estimate of drug-likeness (QED) is 0.390. The molecule has 0 spiro atoms. The van der Waals surface area contributed by atoms with Gasteiger partial charge in [-0.1, -0.05) is 41.9 Å². The molecule has 1 saturated heterocycles. The molecule has 1 aromatic carbocycles. The van der Waals surface area contributed by atoms with Gasteiger partial charge in [0.05, 0.1) is 22.9 Å². The van der Waals surface area contributed by atoms with Crippen molar-refractivity contribution < 1.29 is 24.3 Å². The number of carbonyl (C=O) groups excluding carboxylic acids is 2. The van der Waals surface area contributed by atoms with Crippen molar-refractivity contribution in [3.8, 4) is 5.75 Å². The molecule has 0 bridgehead atoms. The van der Waals surface area contributed by atoms with Crippen LogP contribution in [0.5, 0.6) is 5.75 Å². The molecule has 1 N–H and O–H groups in total. The monoisotopic (exact) mass is 474 g/mol. The number of benzene rings is 1. The summed E-state index contributed by atoms with van der Waals surface area (Å²) < 4.78 is 5.36. The minimum atomic E-state index is -0.517. The smallest absolute Gasteiger partial charge is 0.338 e. The minimum Gasteiger partial charge on any atom is -0.506 e. The zero-order chi connectivity index (χ0) is 23.6. The van der Waals surface area contributed by atoms with Crippen LogP contribution < -0.4 is 0 Å². The number of allylic oxidation sites excluding steroid dienone is 3. The summed E-state index contributed by atoms with van der Waals surface area (Å²) in [5, 5.41) is 14.3. The number of nitrogens with zero attached hydrogens (tertiary/aromatic N) is 2. The zero-order valence-electron chi connectivity index (χ0n) is 19.0. The fourth-order valence-electron chi connectivity index (χ4n) is 3.74. The number of rotatable bonds is 3. The normalized spacial score (nSPS) is 21.6. The number of oxime groups is 1. The Labute approximate surface area is 199 Å². The lowest BCUT2D eigenvalue weighted by Crippen LogP contribution is -2.39. The van der Waals surface area contributed by atoms with Crippen LogP contribution in [0.1, 0.15) is 54.9 Å². The van der Waals surface area contributed by atoms with Gasteiger partial charge in [0.15, 0.2) is 6.61 Å². The number of hydrogen-bond donors (Lipinski definition) is 1. The molecule has 2 aliphatic rings. The Morgan fingerprint density at radius 3 is 2.73 bits per heavy atom. The number of fused-ring (bicyclic) bond motifs is 1. The topological polar surface area (TPSA) is 88.4 Å². The van der Waals surface area contributed by atoms with Crippen LogP contribution in [0.3, 0.4) is 0 Å². The molecule has 1 amide bonds. The lowest BCUT2D eigenvalue weighted by molar-refractivity contribution is -0.137. The lowest BCUT2D eigenvalue weighted by Gasteiger charge is -2.29. The van der Waals surface area contributed by atoms with E-state index in [-0.39, 0.29) is 41.9 Å². The molecular formula is C25H31ClN2O5. The van der Waals surface area contributed by atoms with Gasteiger partial charge in [0.2, 0.25) is 0 Å². The molecule has 3 rings (SSSR count). The highest BCUT2D eigenvalue weighted by atomic mass is 35.5. The first-order valence-electron chi connectivity index (χ1n) is 11.4. The molecule has 0 aliphatic carbocycles. The van der Waals surface area contributed by atoms with Gasteiger partial charge in [-0.05, 0) is 61.8 Å². The number of carbonyl (C=O) groups is 2. The third kappa shape index (κ3) is 7.35. The van der Waals surface area contributed by atoms with Crippen LogP contribution in [0.15, 0.2) is 41.6 Å². The van der Waals surface area contributed by atoms with E-state index in [1.165, 1.54) is 12.1 Å². The molecule has 33 heavy (non-hydrogen) atoms. The molecule has 0 atom stereocenters. The van der Waals surface area contributed by atoms with Gasteiger partial charge in [-0.15, -0.1) is 0 Å². The summed E-state index contributed by atoms with van der Waals surface area (Å²) in [6.07, 6.45) is 12.1. The highest BCUT2D eigenvalue weighted by molar-refractivity contribution is 6.33. The molecule has 0 radical (unpaired) electrons. The number of amides is 1. The van der Waals surface area contributed by atoms with Crippen molar-refractivity contribution in [3.05, 3.63) is 52.6 Å². The third-order valence-corrected chi connectivity index (χ3v) is 6.22. The van der Waals surface area contributed by atoms with Gasteiger partial charge >= 0.3 is 5.97 Å². The number of hydrogen-bond acceptors (Lipinski definition) is 6. The van der Waals surface area contributed by atoms with Crippen LogP contribution in [0.2, 0.25) is 5.02 Å². The lowest BCUT2D eigenvalue weighted by atomic mass is 9.99. The molecule has 0 aromatic heterocycles. The molecule has 1 aromatic rings. The van der Waals surface area contributed by atoms with Crippen molar-refractivity contribution >= 4 is 29.2 Å². The highest BCUT2D eigenvalue weighted by Crippen LogP contribution is 2.31. The van der Waals surface area contributed by atoms with E-state index in [4.69, 9.17) is 21.2 Å². The van der Waals surface area contributed by atoms with Gasteiger partial charge in [-0.3, -0.25) is 4.79 Å². The van der Waals surface area contributed by atoms with E-state index in [9.17, 15) is 14.7 Å². The largest absolute Gasteiger partial charge is 0.506 e. The van der Waals surface area contributed by atoms with Crippen molar-refractivity contribution in [2.45, 2.75) is 45.4 Å². The van der Waals surface area contributed by atoms with E-state index in [1.807, 2.05) is 18.2 Å². The average molecular weight is 475 g/mol. The van der Waals surface area contributed by atoms with E-state index in [1.54, 1.807) is 11.0 Å². The Kier molecular flexibility index (Phi) is 9.36. The second kappa shape index (κ2) is 12.4. The molecule has 0 saturated carbocycles. The van der Waals surface area contributed by atoms with Gasteiger partial charge in [0.1, 0.15) is 5.75 Å². The number of likely N-dealkylation sites (tertiary alicyclic amines) is 1. The number of aromatic hydroxyl groups is 1. The molecule has 2 aliphatic heterocycles. The maximum absolute atomic E-state index is 12.6. The predicted molar refractivity (Wildman–Crippen MR) is 128 cm³/mol. The molecule has 0 unspecified atom stereocenters. The van der Waals surface area contributed by atoms with Crippen LogP contribution in [-0.2, 0) is 20.8 Å². The number of phenols is 1. The number of esters is 1. The van der Waals surface area contributed by atoms with Crippen molar-refractivity contribution in [3.63, 3.8) is 0 Å². The van der Waals surface area contributed by atoms with Gasteiger partial charge in [0, 0.05) is 19.5 Å². The molecule has 8 heteroatoms. The van der Waals surface area contributed by atoms with E-state index in [0.717, 1.165) is 38.8 Å². The first-order chi connectivity index (χ1) is 16.0. The Morgan fingerprint density at radius 2 is 1.94 bits per heavy atom. The molecule has 1 fully saturated rings. The standard InChI is InChI=1S/C25H31ClN2O5/c1-18-11-13-28(14-12-18)23(30)17-33-27-19-8-6-4-2-3-5-7-15-32-25(31)20-9-10-22(29)24(26)21(20)16-19/h3,5-6,8-10,18,29H,2,4,7,11-17H2,1H3/b5-3+,8-6+,27-19+. The molecule has 2 heterocycles. The minimum absolute atomic E-state index is 0.0658. The second-order valence-electron chi connectivity index (χ2n) is 8.40. The number of ether oxygens (including phenoxy) is 1. The number of piperidine rings is 1. The summed E-state index contributed by atoms with van der Waals surface area (Å²) in [5.41, 5.74) is 1.15. The molecular weight excluding hydrogens is 444 g/mol. The second-order valence-corrected chi connectivity index (χ2v) is 8.77. The van der Waals surface area contributed by atoms with Crippen LogP contribution in [0.4, 0.5) is 0 Å². The zero-order valence-corrected chi connectivity index (χ0v) is 19.7. The van der Waals surface area contributed by atoms with Crippen LogP contribution in [-0.4, -0.2) is 53.9 Å². The Bertz CT molecular complexity index is 933. The van der Waals surface area contributed by atoms with Gasteiger partial charge in [-0.25, -0.2) is 4.79 Å². The van der Waals surface area contributed by atoms with Crippen LogP contribution >= 0.6 is 11.6 Å². The Balaban J connectivity index is 1.78. The van der Waals surface area contributed by atoms with Crippen molar-refractivity contribution in [1.29, 1.82) is 0 Å². The molecule has 178 valence electrons. The van der Waals surface area contributed by atoms with E-state index < -0.39 is 5.97 Å². The number of phenolic OH excluding ortho intramolecular Hbond substituents is 1. The third-order valence-electron chi connectivity index (χ3n) is 5.80. The SMILES string of the molecule is CC1CCN(C(=O)CO/N=C2\C=C\CC/C=C/CCOC(=O)c3ccc(O)c(Cl)c3C2)CC1. The maximum Gasteiger partial charge on any atom is 0.338 e. The van der Waals surface area contributed by atoms with Crippen molar-refractivity contribution in [2.24, 2.45) is 11.1 Å². The fraction of sp³-hybridized carbons (Fsp3) is 0.480. The van der Waals surface area contributed by atoms with Crippen LogP contribution in [0, 0.1) is 5.92 Å². The first-order valence-corrected chi connectivity index (χ1v) is 11.8. The van der Waals surface area contributed by atoms with E-state index in [0.29, 0.717) is 23.6 Å². The van der Waals surface area contributed by atoms with Gasteiger partial charge in [-0.2, -0.15) is 0 Å². The van der Waals surface area contributed by atoms with E-state index >= 15 is 0 Å². The molecule has 7 nitrogen and oxygen atoms in total. The number of cyclic esters (lactones) is 1. The summed E-state index contributed by atoms with van der Waals surface area (Å²) in [4.78, 5) is 32.3. The highest BCUT2D eigenvalue weighted by Gasteiger charge is 2.22. The maximum atomic E-state index is 12.6. The average Bonchev–Trinajstić information content (AvgIpc) is 2.80. The summed E-state index contributed by atoms with van der Waals surface area (Å²) in [5.74, 6) is -0.115. The van der Waals surface area contributed by atoms with E-state index in [2.05, 4.69) is 12.1 Å². The summed E-state index contributed by atoms with van der Waals surface area (Å²) in [7, 11) is 0. The van der Waals surface area contributed by atoms with Crippen LogP contribution in [0.25, 0.3) is 0 Å². The van der Waals surface area contributed by atoms with Gasteiger partial charge in [0.25, 0.3) is 5.91 Å². The number of halogens is 1. The summed E-state index contributed by atoms with van der Waals surface area (Å²) >= 11 is 6.34. The fourth-order valence-corrected chi connectivity index (χ4v) is 3.97. The Hall–Kier alpha value is -2.80. The summed E-state index contributed by atoms with van der Waals surface area (Å²) in [6, 6.07) is 2.86.